The van der Waals surface area contributed by atoms with Crippen LogP contribution < -0.4 is 5.32 Å². The molecule has 0 bridgehead atoms. The summed E-state index contributed by atoms with van der Waals surface area (Å²) in [6.45, 7) is 7.43. The number of nitrogens with one attached hydrogen (secondary N) is 1. The van der Waals surface area contributed by atoms with E-state index in [9.17, 15) is 4.79 Å². The second kappa shape index (κ2) is 6.61. The Balaban J connectivity index is 1.80. The summed E-state index contributed by atoms with van der Waals surface area (Å²) in [6, 6.07) is 0.584. The molecule has 0 aliphatic carbocycles. The van der Waals surface area contributed by atoms with Crippen LogP contribution in [0.15, 0.2) is 18.7 Å². The van der Waals surface area contributed by atoms with Gasteiger partial charge in [-0.3, -0.25) is 4.79 Å². The Morgan fingerprint density at radius 2 is 2.21 bits per heavy atom. The first-order chi connectivity index (χ1) is 9.16. The van der Waals surface area contributed by atoms with E-state index < -0.39 is 0 Å². The Hall–Kier alpha value is -1.49. The van der Waals surface area contributed by atoms with Crippen molar-refractivity contribution in [2.24, 2.45) is 5.92 Å². The number of amides is 1. The zero-order chi connectivity index (χ0) is 13.7. The van der Waals surface area contributed by atoms with Gasteiger partial charge in [-0.1, -0.05) is 0 Å². The van der Waals surface area contributed by atoms with Gasteiger partial charge in [-0.15, -0.1) is 0 Å². The highest BCUT2D eigenvalue weighted by Gasteiger charge is 2.22. The predicted molar refractivity (Wildman–Crippen MR) is 73.8 cm³/mol. The van der Waals surface area contributed by atoms with Crippen LogP contribution in [-0.2, 0) is 0 Å². The quantitative estimate of drug-likeness (QED) is 0.889. The van der Waals surface area contributed by atoms with Crippen LogP contribution in [0.4, 0.5) is 0 Å². The molecule has 2 rings (SSSR count). The molecular formula is C14H22N4O. The van der Waals surface area contributed by atoms with Crippen molar-refractivity contribution in [2.75, 3.05) is 19.6 Å². The lowest BCUT2D eigenvalue weighted by atomic mass is 9.97. The molecule has 1 saturated heterocycles. The van der Waals surface area contributed by atoms with Gasteiger partial charge < -0.3 is 10.2 Å². The lowest BCUT2D eigenvalue weighted by Gasteiger charge is -2.35. The van der Waals surface area contributed by atoms with E-state index >= 15 is 0 Å². The monoisotopic (exact) mass is 262 g/mol. The minimum absolute atomic E-state index is 0.0812. The molecule has 1 aromatic rings. The van der Waals surface area contributed by atoms with Crippen LogP contribution in [0.3, 0.4) is 0 Å². The molecule has 0 spiro atoms. The summed E-state index contributed by atoms with van der Waals surface area (Å²) in [4.78, 5) is 22.1. The number of piperidine rings is 1. The minimum Gasteiger partial charge on any atom is -0.352 e. The molecule has 5 nitrogen and oxygen atoms in total. The Morgan fingerprint density at radius 3 is 2.89 bits per heavy atom. The molecule has 5 heteroatoms. The number of nitrogens with zero attached hydrogens (tertiary/aromatic N) is 3. The smallest absolute Gasteiger partial charge is 0.254 e. The fourth-order valence-corrected chi connectivity index (χ4v) is 2.49. The molecule has 1 N–H and O–H groups in total. The minimum atomic E-state index is -0.0812. The van der Waals surface area contributed by atoms with E-state index in [2.05, 4.69) is 34.0 Å². The van der Waals surface area contributed by atoms with Crippen molar-refractivity contribution in [2.45, 2.75) is 32.7 Å². The van der Waals surface area contributed by atoms with E-state index in [-0.39, 0.29) is 5.91 Å². The van der Waals surface area contributed by atoms with Gasteiger partial charge in [0.1, 0.15) is 6.33 Å². The number of carbonyl (C=O) groups is 1. The third kappa shape index (κ3) is 3.99. The van der Waals surface area contributed by atoms with E-state index in [0.717, 1.165) is 13.1 Å². The fourth-order valence-electron chi connectivity index (χ4n) is 2.49. The maximum Gasteiger partial charge on any atom is 0.254 e. The first kappa shape index (κ1) is 13.9. The summed E-state index contributed by atoms with van der Waals surface area (Å²) >= 11 is 0. The highest BCUT2D eigenvalue weighted by Crippen LogP contribution is 2.17. The fraction of sp³-hybridized carbons (Fsp3) is 0.643. The van der Waals surface area contributed by atoms with Gasteiger partial charge in [0.15, 0.2) is 0 Å². The maximum absolute atomic E-state index is 11.9. The molecule has 0 unspecified atom stereocenters. The zero-order valence-electron chi connectivity index (χ0n) is 11.7. The van der Waals surface area contributed by atoms with Crippen LogP contribution in [-0.4, -0.2) is 46.5 Å². The van der Waals surface area contributed by atoms with Gasteiger partial charge in [0, 0.05) is 31.5 Å². The van der Waals surface area contributed by atoms with Crippen molar-refractivity contribution >= 4 is 5.91 Å². The van der Waals surface area contributed by atoms with Crippen LogP contribution in [0.25, 0.3) is 0 Å². The van der Waals surface area contributed by atoms with E-state index in [4.69, 9.17) is 0 Å². The summed E-state index contributed by atoms with van der Waals surface area (Å²) in [6.07, 6.45) is 6.92. The van der Waals surface area contributed by atoms with E-state index in [0.29, 0.717) is 17.5 Å². The topological polar surface area (TPSA) is 58.1 Å². The summed E-state index contributed by atoms with van der Waals surface area (Å²) in [7, 11) is 0. The lowest BCUT2D eigenvalue weighted by molar-refractivity contribution is 0.0922. The first-order valence-electron chi connectivity index (χ1n) is 6.94. The van der Waals surface area contributed by atoms with Gasteiger partial charge in [-0.25, -0.2) is 9.97 Å². The van der Waals surface area contributed by atoms with Crippen LogP contribution in [0, 0.1) is 5.92 Å². The van der Waals surface area contributed by atoms with Crippen LogP contribution in [0.5, 0.6) is 0 Å². The summed E-state index contributed by atoms with van der Waals surface area (Å²) in [5, 5.41) is 2.98. The number of carbonyl (C=O) groups excluding carboxylic acids is 1. The average Bonchev–Trinajstić information content (AvgIpc) is 2.46. The molecule has 19 heavy (non-hydrogen) atoms. The molecular weight excluding hydrogens is 240 g/mol. The number of aromatic nitrogens is 2. The van der Waals surface area contributed by atoms with Crippen LogP contribution in [0.2, 0.25) is 0 Å². The van der Waals surface area contributed by atoms with Crippen molar-refractivity contribution in [3.8, 4) is 0 Å². The van der Waals surface area contributed by atoms with E-state index in [1.165, 1.54) is 25.7 Å². The summed E-state index contributed by atoms with van der Waals surface area (Å²) in [5.41, 5.74) is 0.527. The Bertz CT molecular complexity index is 407. The number of rotatable bonds is 4. The van der Waals surface area contributed by atoms with E-state index in [1.807, 2.05) is 0 Å². The number of hydrogen-bond acceptors (Lipinski definition) is 4. The molecule has 1 aliphatic rings. The average molecular weight is 262 g/mol. The Kier molecular flexibility index (Phi) is 4.85. The molecule has 0 radical (unpaired) electrons. The number of hydrogen-bond donors (Lipinski definition) is 1. The van der Waals surface area contributed by atoms with Crippen molar-refractivity contribution in [1.29, 1.82) is 0 Å². The summed E-state index contributed by atoms with van der Waals surface area (Å²) in [5.74, 6) is 0.465. The van der Waals surface area contributed by atoms with Crippen molar-refractivity contribution in [3.05, 3.63) is 24.3 Å². The molecule has 1 amide bonds. The third-order valence-electron chi connectivity index (χ3n) is 3.65. The third-order valence-corrected chi connectivity index (χ3v) is 3.65. The second-order valence-corrected chi connectivity index (χ2v) is 5.43. The molecule has 1 aromatic heterocycles. The highest BCUT2D eigenvalue weighted by molar-refractivity contribution is 5.93. The Morgan fingerprint density at radius 1 is 1.47 bits per heavy atom. The Labute approximate surface area is 114 Å². The lowest BCUT2D eigenvalue weighted by Crippen LogP contribution is -2.43. The molecule has 1 aliphatic heterocycles. The van der Waals surface area contributed by atoms with Crippen molar-refractivity contribution in [1.82, 2.24) is 20.2 Å². The van der Waals surface area contributed by atoms with Gasteiger partial charge in [0.25, 0.3) is 5.91 Å². The largest absolute Gasteiger partial charge is 0.352 e. The molecule has 0 aromatic carbocycles. The van der Waals surface area contributed by atoms with Gasteiger partial charge in [-0.2, -0.15) is 0 Å². The van der Waals surface area contributed by atoms with Gasteiger partial charge in [0.05, 0.1) is 5.56 Å². The standard InChI is InChI=1S/C14H22N4O/c1-11(2)18-5-3-4-12(9-18)6-17-14(19)13-7-15-10-16-8-13/h7-8,10-12H,3-6,9H2,1-2H3,(H,17,19)/t12-/m0/s1. The normalized spacial score (nSPS) is 20.5. The zero-order valence-corrected chi connectivity index (χ0v) is 11.7. The van der Waals surface area contributed by atoms with Gasteiger partial charge in [0.2, 0.25) is 0 Å². The molecule has 0 saturated carbocycles. The second-order valence-electron chi connectivity index (χ2n) is 5.43. The molecule has 104 valence electrons. The predicted octanol–water partition coefficient (Wildman–Crippen LogP) is 1.33. The maximum atomic E-state index is 11.9. The number of likely N-dealkylation sites (tertiary alicyclic amines) is 1. The molecule has 1 fully saturated rings. The van der Waals surface area contributed by atoms with Gasteiger partial charge in [-0.05, 0) is 39.2 Å². The van der Waals surface area contributed by atoms with Gasteiger partial charge >= 0.3 is 0 Å². The first-order valence-corrected chi connectivity index (χ1v) is 6.94. The SMILES string of the molecule is CC(C)N1CCC[C@@H](CNC(=O)c2cncnc2)C1. The summed E-state index contributed by atoms with van der Waals surface area (Å²) < 4.78 is 0. The highest BCUT2D eigenvalue weighted by atomic mass is 16.1. The van der Waals surface area contributed by atoms with Crippen LogP contribution >= 0.6 is 0 Å². The van der Waals surface area contributed by atoms with Crippen LogP contribution in [0.1, 0.15) is 37.0 Å². The van der Waals surface area contributed by atoms with Crippen molar-refractivity contribution < 1.29 is 4.79 Å². The molecule has 2 heterocycles. The molecule has 1 atom stereocenters. The van der Waals surface area contributed by atoms with E-state index in [1.54, 1.807) is 12.4 Å². The van der Waals surface area contributed by atoms with Crippen molar-refractivity contribution in [3.63, 3.8) is 0 Å².